The number of carbonyl (C=O) groups is 5. The minimum atomic E-state index is -0.884. The summed E-state index contributed by atoms with van der Waals surface area (Å²) in [4.78, 5) is 70.1. The van der Waals surface area contributed by atoms with E-state index < -0.39 is 24.4 Å². The molecule has 0 bridgehead atoms. The number of ether oxygens (including phenoxy) is 3. The van der Waals surface area contributed by atoms with Crippen LogP contribution in [0.5, 0.6) is 0 Å². The zero-order valence-corrected chi connectivity index (χ0v) is 26.1. The van der Waals surface area contributed by atoms with Crippen molar-refractivity contribution >= 4 is 65.2 Å². The van der Waals surface area contributed by atoms with Crippen molar-refractivity contribution in [1.82, 2.24) is 0 Å². The maximum absolute atomic E-state index is 12.7. The van der Waals surface area contributed by atoms with E-state index in [-0.39, 0.29) is 31.0 Å². The van der Waals surface area contributed by atoms with Crippen LogP contribution in [-0.4, -0.2) is 50.4 Å². The van der Waals surface area contributed by atoms with E-state index in [0.29, 0.717) is 54.0 Å². The first kappa shape index (κ1) is 35.5. The van der Waals surface area contributed by atoms with Gasteiger partial charge in [0.25, 0.3) is 0 Å². The van der Waals surface area contributed by atoms with E-state index in [1.165, 1.54) is 6.07 Å². The normalized spacial score (nSPS) is 10.9. The molecule has 0 aliphatic rings. The largest absolute Gasteiger partial charge is 0.449 e. The zero-order valence-electron chi connectivity index (χ0n) is 26.1. The summed E-state index contributed by atoms with van der Waals surface area (Å²) < 4.78 is 16.1. The Bertz CT molecular complexity index is 1600. The van der Waals surface area contributed by atoms with E-state index in [4.69, 9.17) is 14.2 Å². The fraction of sp³-hybridized carbons (Fsp3) is 0.281. The lowest BCUT2D eigenvalue weighted by Gasteiger charge is -2.19. The molecular weight excluding hydrogens is 612 g/mol. The molecule has 0 heterocycles. The summed E-state index contributed by atoms with van der Waals surface area (Å²) >= 11 is 0. The van der Waals surface area contributed by atoms with E-state index in [1.54, 1.807) is 62.4 Å². The molecule has 5 amide bonds. The van der Waals surface area contributed by atoms with Crippen LogP contribution in [0.3, 0.4) is 0 Å². The van der Waals surface area contributed by atoms with Crippen LogP contribution in [0.2, 0.25) is 0 Å². The van der Waals surface area contributed by atoms with Gasteiger partial charge in [0.15, 0.2) is 0 Å². The van der Waals surface area contributed by atoms with Crippen molar-refractivity contribution in [3.8, 4) is 0 Å². The number of nitroso groups, excluding NO2 is 1. The van der Waals surface area contributed by atoms with E-state index in [9.17, 15) is 28.9 Å². The molecule has 15 heteroatoms. The summed E-state index contributed by atoms with van der Waals surface area (Å²) in [5, 5.41) is 15.7. The lowest BCUT2D eigenvalue weighted by atomic mass is 10.1. The second-order valence-corrected chi connectivity index (χ2v) is 10.3. The number of hydrogen-bond donors (Lipinski definition) is 5. The van der Waals surface area contributed by atoms with E-state index in [1.807, 2.05) is 6.92 Å². The molecule has 3 aromatic rings. The molecule has 15 nitrogen and oxygen atoms in total. The molecule has 47 heavy (non-hydrogen) atoms. The fourth-order valence-corrected chi connectivity index (χ4v) is 4.21. The highest BCUT2D eigenvalue weighted by molar-refractivity contribution is 5.88. The van der Waals surface area contributed by atoms with E-state index in [2.05, 4.69) is 31.8 Å². The number of unbranched alkanes of at least 4 members (excludes halogenated alkanes) is 1. The number of aryl methyl sites for hydroxylation is 3. The Labute approximate surface area is 270 Å². The Morgan fingerprint density at radius 1 is 0.702 bits per heavy atom. The molecule has 0 saturated heterocycles. The van der Waals surface area contributed by atoms with Crippen LogP contribution in [0.15, 0.2) is 59.8 Å². The lowest BCUT2D eigenvalue weighted by molar-refractivity contribution is -0.106. The Hall–Kier alpha value is -5.99. The summed E-state index contributed by atoms with van der Waals surface area (Å²) in [5.41, 5.74) is 4.55. The second-order valence-electron chi connectivity index (χ2n) is 10.3. The second kappa shape index (κ2) is 18.1. The molecule has 0 spiro atoms. The molecule has 0 fully saturated rings. The van der Waals surface area contributed by atoms with Gasteiger partial charge in [-0.3, -0.25) is 25.5 Å². The lowest BCUT2D eigenvalue weighted by Crippen LogP contribution is -2.29. The molecule has 3 rings (SSSR count). The van der Waals surface area contributed by atoms with Crippen molar-refractivity contribution < 1.29 is 38.2 Å². The van der Waals surface area contributed by atoms with Crippen LogP contribution in [0.4, 0.5) is 48.5 Å². The predicted octanol–water partition coefficient (Wildman–Crippen LogP) is 6.73. The maximum atomic E-state index is 12.7. The number of amides is 5. The van der Waals surface area contributed by atoms with Gasteiger partial charge in [-0.2, -0.15) is 0 Å². The summed E-state index contributed by atoms with van der Waals surface area (Å²) in [7, 11) is 0. The Balaban J connectivity index is 1.54. The first-order valence-electron chi connectivity index (χ1n) is 14.5. The van der Waals surface area contributed by atoms with Crippen molar-refractivity contribution in [2.45, 2.75) is 46.1 Å². The van der Waals surface area contributed by atoms with Gasteiger partial charge in [0, 0.05) is 28.4 Å². The number of hydrogen-bond acceptors (Lipinski definition) is 10. The minimum Gasteiger partial charge on any atom is -0.449 e. The summed E-state index contributed by atoms with van der Waals surface area (Å²) in [6, 6.07) is 14.5. The Morgan fingerprint density at radius 3 is 1.77 bits per heavy atom. The molecule has 1 atom stereocenters. The highest BCUT2D eigenvalue weighted by Gasteiger charge is 2.18. The first-order valence-corrected chi connectivity index (χ1v) is 14.5. The minimum absolute atomic E-state index is 0.0484. The average molecular weight is 649 g/mol. The quantitative estimate of drug-likeness (QED) is 0.0483. The summed E-state index contributed by atoms with van der Waals surface area (Å²) in [6.45, 7) is 5.05. The molecule has 0 saturated carbocycles. The van der Waals surface area contributed by atoms with Crippen LogP contribution in [0, 0.1) is 25.7 Å². The van der Waals surface area contributed by atoms with Gasteiger partial charge in [0.2, 0.25) is 12.8 Å². The van der Waals surface area contributed by atoms with Crippen molar-refractivity contribution in [1.29, 1.82) is 0 Å². The van der Waals surface area contributed by atoms with Crippen molar-refractivity contribution in [3.05, 3.63) is 76.2 Å². The standard InChI is InChI=1S/C32H36N6O9/c1-20-7-10-23(14-27(20)33-18-39)35-30(41)45-13-5-4-6-26(47-32(43)37-25-12-9-22(3)29(16-25)38-44)17-46-31(42)36-24-11-8-21(2)28(15-24)34-19-40/h7-12,14-16,18-19,26H,4-6,13,17H2,1-3H3,(H,33,39)(H,34,40)(H,35,41)(H,36,42)(H,37,43). The van der Waals surface area contributed by atoms with Gasteiger partial charge >= 0.3 is 18.3 Å². The molecule has 0 radical (unpaired) electrons. The molecule has 0 aromatic heterocycles. The number of anilines is 5. The third-order valence-electron chi connectivity index (χ3n) is 6.78. The van der Waals surface area contributed by atoms with Crippen LogP contribution in [0.25, 0.3) is 0 Å². The zero-order chi connectivity index (χ0) is 34.2. The predicted molar refractivity (Wildman–Crippen MR) is 176 cm³/mol. The SMILES string of the molecule is Cc1ccc(NC(=O)OC(CCCCOC(=O)Nc2ccc(C)c(NC=O)c2)COC(=O)Nc2ccc(C)c(NC=O)c2)cc1N=O. The summed E-state index contributed by atoms with van der Waals surface area (Å²) in [5.74, 6) is 0. The van der Waals surface area contributed by atoms with Crippen molar-refractivity contribution in [2.75, 3.05) is 39.8 Å². The van der Waals surface area contributed by atoms with Gasteiger partial charge in [-0.05, 0) is 98.3 Å². The number of carbonyl (C=O) groups excluding carboxylic acids is 5. The first-order chi connectivity index (χ1) is 22.6. The van der Waals surface area contributed by atoms with Crippen LogP contribution < -0.4 is 26.6 Å². The number of nitrogens with one attached hydrogen (secondary N) is 5. The molecule has 0 aliphatic carbocycles. The topological polar surface area (TPSA) is 203 Å². The molecular formula is C32H36N6O9. The van der Waals surface area contributed by atoms with Crippen molar-refractivity contribution in [2.24, 2.45) is 5.18 Å². The third-order valence-corrected chi connectivity index (χ3v) is 6.78. The van der Waals surface area contributed by atoms with Gasteiger partial charge in [-0.25, -0.2) is 14.4 Å². The molecule has 1 unspecified atom stereocenters. The van der Waals surface area contributed by atoms with Gasteiger partial charge < -0.3 is 24.8 Å². The van der Waals surface area contributed by atoms with E-state index in [0.717, 1.165) is 11.1 Å². The fourth-order valence-electron chi connectivity index (χ4n) is 4.21. The third kappa shape index (κ3) is 11.8. The van der Waals surface area contributed by atoms with Gasteiger partial charge in [0.05, 0.1) is 6.61 Å². The van der Waals surface area contributed by atoms with E-state index >= 15 is 0 Å². The number of benzene rings is 3. The van der Waals surface area contributed by atoms with Gasteiger partial charge in [0.1, 0.15) is 18.4 Å². The highest BCUT2D eigenvalue weighted by Crippen LogP contribution is 2.24. The smallest absolute Gasteiger partial charge is 0.412 e. The monoisotopic (exact) mass is 648 g/mol. The molecule has 248 valence electrons. The number of rotatable bonds is 16. The van der Waals surface area contributed by atoms with Crippen LogP contribution in [-0.2, 0) is 23.8 Å². The number of nitrogens with zero attached hydrogens (tertiary/aromatic N) is 1. The maximum Gasteiger partial charge on any atom is 0.412 e. The van der Waals surface area contributed by atoms with Crippen molar-refractivity contribution in [3.63, 3.8) is 0 Å². The molecule has 0 aliphatic heterocycles. The average Bonchev–Trinajstić information content (AvgIpc) is 3.04. The Kier molecular flexibility index (Phi) is 13.7. The highest BCUT2D eigenvalue weighted by atomic mass is 16.6. The Morgan fingerprint density at radius 2 is 1.21 bits per heavy atom. The van der Waals surface area contributed by atoms with Crippen LogP contribution >= 0.6 is 0 Å². The van der Waals surface area contributed by atoms with Gasteiger partial charge in [-0.15, -0.1) is 4.91 Å². The summed E-state index contributed by atoms with van der Waals surface area (Å²) in [6.07, 6.45) is -1.10. The molecule has 3 aromatic carbocycles. The molecule has 5 N–H and O–H groups in total. The van der Waals surface area contributed by atoms with Gasteiger partial charge in [-0.1, -0.05) is 18.2 Å². The van der Waals surface area contributed by atoms with Crippen LogP contribution in [0.1, 0.15) is 36.0 Å².